The molecule has 0 bridgehead atoms. The zero-order chi connectivity index (χ0) is 26.5. The number of aliphatic hydroxyl groups is 4. The topological polar surface area (TPSA) is 183 Å². The maximum absolute atomic E-state index is 13.5. The molecule has 11 nitrogen and oxygen atoms in total. The Labute approximate surface area is 210 Å². The highest BCUT2D eigenvalue weighted by atomic mass is 32.2. The number of phenols is 2. The Bertz CT molecular complexity index is 1420. The second-order valence-electron chi connectivity index (χ2n) is 8.49. The van der Waals surface area contributed by atoms with Gasteiger partial charge in [0.2, 0.25) is 5.76 Å². The number of rotatable bonds is 5. The van der Waals surface area contributed by atoms with Crippen molar-refractivity contribution in [1.82, 2.24) is 0 Å². The molecule has 2 aliphatic rings. The quantitative estimate of drug-likeness (QED) is 0.262. The lowest BCUT2D eigenvalue weighted by molar-refractivity contribution is -0.134. The Kier molecular flexibility index (Phi) is 6.01. The van der Waals surface area contributed by atoms with Crippen molar-refractivity contribution in [2.45, 2.75) is 28.8 Å². The largest absolute Gasteiger partial charge is 0.508 e. The highest BCUT2D eigenvalue weighted by molar-refractivity contribution is 7.87. The summed E-state index contributed by atoms with van der Waals surface area (Å²) < 4.78 is 43.6. The average molecular weight is 531 g/mol. The predicted molar refractivity (Wildman–Crippen MR) is 125 cm³/mol. The summed E-state index contributed by atoms with van der Waals surface area (Å²) in [5.74, 6) is -2.03. The molecule has 0 unspecified atom stereocenters. The number of fused-ring (bicyclic) bond motifs is 1. The molecule has 3 aromatic rings. The average Bonchev–Trinajstić information content (AvgIpc) is 3.13. The molecule has 37 heavy (non-hydrogen) atoms. The van der Waals surface area contributed by atoms with Gasteiger partial charge in [0, 0.05) is 5.56 Å². The number of phenolic OH excluding ortho intramolecular Hbond substituents is 2. The van der Waals surface area contributed by atoms with Crippen LogP contribution in [0, 0.1) is 0 Å². The zero-order valence-corrected chi connectivity index (χ0v) is 19.7. The molecule has 12 heteroatoms. The van der Waals surface area contributed by atoms with E-state index in [-0.39, 0.29) is 22.8 Å². The second kappa shape index (κ2) is 8.94. The molecule has 194 valence electrons. The number of benzene rings is 3. The van der Waals surface area contributed by atoms with Crippen LogP contribution in [0.3, 0.4) is 0 Å². The van der Waals surface area contributed by atoms with Crippen molar-refractivity contribution in [2.75, 3.05) is 6.61 Å². The molecule has 0 aromatic heterocycles. The van der Waals surface area contributed by atoms with Gasteiger partial charge in [-0.2, -0.15) is 8.42 Å². The van der Waals surface area contributed by atoms with Crippen molar-refractivity contribution in [3.8, 4) is 17.2 Å². The Morgan fingerprint density at radius 3 is 1.97 bits per heavy atom. The van der Waals surface area contributed by atoms with E-state index in [1.165, 1.54) is 66.7 Å². The highest BCUT2D eigenvalue weighted by Crippen LogP contribution is 2.53. The summed E-state index contributed by atoms with van der Waals surface area (Å²) in [5.41, 5.74) is -0.950. The Balaban J connectivity index is 1.71. The predicted octanol–water partition coefficient (Wildman–Crippen LogP) is 1.33. The van der Waals surface area contributed by atoms with Gasteiger partial charge in [-0.25, -0.2) is 4.18 Å². The minimum Gasteiger partial charge on any atom is -0.508 e. The molecule has 0 fully saturated rings. The fraction of sp³-hybridized carbons (Fsp3) is 0.200. The minimum atomic E-state index is -4.54. The van der Waals surface area contributed by atoms with E-state index < -0.39 is 57.2 Å². The molecule has 2 heterocycles. The monoisotopic (exact) mass is 530 g/mol. The van der Waals surface area contributed by atoms with E-state index in [2.05, 4.69) is 0 Å². The van der Waals surface area contributed by atoms with Crippen LogP contribution in [0.4, 0.5) is 0 Å². The Morgan fingerprint density at radius 1 is 0.865 bits per heavy atom. The van der Waals surface area contributed by atoms with Crippen LogP contribution in [0.15, 0.2) is 83.3 Å². The van der Waals surface area contributed by atoms with Crippen LogP contribution in [-0.4, -0.2) is 64.0 Å². The first-order chi connectivity index (χ1) is 17.6. The lowest BCUT2D eigenvalue weighted by Crippen LogP contribution is -2.47. The van der Waals surface area contributed by atoms with Crippen molar-refractivity contribution < 1.29 is 52.7 Å². The van der Waals surface area contributed by atoms with Crippen LogP contribution in [0.25, 0.3) is 0 Å². The number of hydrogen-bond acceptors (Lipinski definition) is 11. The third-order valence-electron chi connectivity index (χ3n) is 6.23. The fourth-order valence-corrected chi connectivity index (χ4v) is 5.96. The number of aliphatic hydroxyl groups excluding tert-OH is 4. The molecular weight excluding hydrogens is 508 g/mol. The van der Waals surface area contributed by atoms with Gasteiger partial charge in [-0.05, 0) is 41.5 Å². The molecule has 3 aromatic carbocycles. The third kappa shape index (κ3) is 3.95. The summed E-state index contributed by atoms with van der Waals surface area (Å²) in [6, 6.07) is 15.7. The molecule has 0 spiro atoms. The maximum atomic E-state index is 13.5. The summed E-state index contributed by atoms with van der Waals surface area (Å²) in [6.07, 6.45) is -4.85. The summed E-state index contributed by atoms with van der Waals surface area (Å²) in [6.45, 7) is -0.725. The van der Waals surface area contributed by atoms with E-state index in [1.807, 2.05) is 0 Å². The first-order valence-corrected chi connectivity index (χ1v) is 12.4. The van der Waals surface area contributed by atoms with Gasteiger partial charge in [-0.1, -0.05) is 36.4 Å². The van der Waals surface area contributed by atoms with Crippen molar-refractivity contribution in [1.29, 1.82) is 0 Å². The summed E-state index contributed by atoms with van der Waals surface area (Å²) in [5, 5.41) is 59.4. The number of aromatic hydroxyl groups is 2. The van der Waals surface area contributed by atoms with Crippen molar-refractivity contribution in [2.24, 2.45) is 0 Å². The van der Waals surface area contributed by atoms with Gasteiger partial charge in [-0.3, -0.25) is 0 Å². The van der Waals surface area contributed by atoms with Crippen molar-refractivity contribution in [3.63, 3.8) is 0 Å². The van der Waals surface area contributed by atoms with E-state index in [4.69, 9.17) is 13.7 Å². The van der Waals surface area contributed by atoms with Gasteiger partial charge in [0.25, 0.3) is 0 Å². The van der Waals surface area contributed by atoms with Crippen LogP contribution in [0.5, 0.6) is 17.2 Å². The molecular formula is C25H22O11S. The molecule has 2 aliphatic heterocycles. The highest BCUT2D eigenvalue weighted by Gasteiger charge is 2.53. The number of ether oxygens (including phenoxy) is 2. The molecule has 0 radical (unpaired) electrons. The van der Waals surface area contributed by atoms with Gasteiger partial charge in [0.15, 0.2) is 17.5 Å². The lowest BCUT2D eigenvalue weighted by atomic mass is 9.80. The van der Waals surface area contributed by atoms with Crippen LogP contribution >= 0.6 is 0 Å². The van der Waals surface area contributed by atoms with Gasteiger partial charge in [0.1, 0.15) is 28.6 Å². The number of hydrogen-bond donors (Lipinski definition) is 6. The normalized spacial score (nSPS) is 23.8. The van der Waals surface area contributed by atoms with E-state index in [0.29, 0.717) is 11.1 Å². The molecule has 0 saturated heterocycles. The van der Waals surface area contributed by atoms with Gasteiger partial charge >= 0.3 is 16.1 Å². The van der Waals surface area contributed by atoms with Crippen LogP contribution in [0.1, 0.15) is 16.7 Å². The molecule has 0 aliphatic carbocycles. The smallest absolute Gasteiger partial charge is 0.327 e. The molecule has 3 atom stereocenters. The second-order valence-corrected chi connectivity index (χ2v) is 9.98. The third-order valence-corrected chi connectivity index (χ3v) is 7.62. The SMILES string of the molecule is O=S1(=O)OC(c2ccc(O)cc2)(c2ccc(O)cc2)c2cccc(OC3=C(O)[C@@H](O)[C@@H](O)[C@@H](CO)O3)c21. The van der Waals surface area contributed by atoms with Gasteiger partial charge < -0.3 is 40.1 Å². The summed E-state index contributed by atoms with van der Waals surface area (Å²) in [4.78, 5) is -0.402. The van der Waals surface area contributed by atoms with Crippen molar-refractivity contribution in [3.05, 3.63) is 95.1 Å². The van der Waals surface area contributed by atoms with Gasteiger partial charge in [0.05, 0.1) is 6.61 Å². The summed E-state index contributed by atoms with van der Waals surface area (Å²) >= 11 is 0. The van der Waals surface area contributed by atoms with Crippen LogP contribution in [-0.2, 0) is 24.6 Å². The molecule has 0 saturated carbocycles. The van der Waals surface area contributed by atoms with Gasteiger partial charge in [-0.15, -0.1) is 0 Å². The van der Waals surface area contributed by atoms with E-state index in [0.717, 1.165) is 0 Å². The van der Waals surface area contributed by atoms with Crippen LogP contribution in [0.2, 0.25) is 0 Å². The maximum Gasteiger partial charge on any atom is 0.327 e. The zero-order valence-electron chi connectivity index (χ0n) is 18.9. The first kappa shape index (κ1) is 24.9. The lowest BCUT2D eigenvalue weighted by Gasteiger charge is -2.32. The van der Waals surface area contributed by atoms with Crippen molar-refractivity contribution >= 4 is 10.1 Å². The van der Waals surface area contributed by atoms with E-state index >= 15 is 0 Å². The fourth-order valence-electron chi connectivity index (χ4n) is 4.42. The standard InChI is InChI=1S/C25H22O11S/c26-12-19-20(29)21(30)22(31)24(35-19)34-18-3-1-2-17-23(18)37(32,33)36-25(17,13-4-8-15(27)9-5-13)14-6-10-16(28)11-7-14/h1-11,19-21,26-31H,12H2/t19-,20+,21+/m1/s1. The van der Waals surface area contributed by atoms with Crippen LogP contribution < -0.4 is 4.74 Å². The Morgan fingerprint density at radius 2 is 1.43 bits per heavy atom. The molecule has 6 N–H and O–H groups in total. The minimum absolute atomic E-state index is 0.0567. The molecule has 5 rings (SSSR count). The Hall–Kier alpha value is -3.81. The molecule has 0 amide bonds. The first-order valence-electron chi connectivity index (χ1n) is 11.0. The van der Waals surface area contributed by atoms with E-state index in [1.54, 1.807) is 0 Å². The summed E-state index contributed by atoms with van der Waals surface area (Å²) in [7, 11) is -4.54. The van der Waals surface area contributed by atoms with E-state index in [9.17, 15) is 39.1 Å².